The van der Waals surface area contributed by atoms with Gasteiger partial charge in [0.15, 0.2) is 0 Å². The predicted octanol–water partition coefficient (Wildman–Crippen LogP) is 3.97. The van der Waals surface area contributed by atoms with E-state index < -0.39 is 10.0 Å². The van der Waals surface area contributed by atoms with Crippen molar-refractivity contribution in [2.75, 3.05) is 11.9 Å². The third-order valence-electron chi connectivity index (χ3n) is 4.20. The molecule has 0 radical (unpaired) electrons. The van der Waals surface area contributed by atoms with Crippen LogP contribution in [0.3, 0.4) is 0 Å². The number of amides is 1. The zero-order valence-electron chi connectivity index (χ0n) is 13.5. The number of para-hydroxylation sites is 1. The Kier molecular flexibility index (Phi) is 5.78. The predicted molar refractivity (Wildman–Crippen MR) is 101 cm³/mol. The number of carbonyl (C=O) groups is 1. The Hall–Kier alpha value is -1.41. The first-order valence-corrected chi connectivity index (χ1v) is 10.8. The molecule has 0 spiro atoms. The van der Waals surface area contributed by atoms with Crippen molar-refractivity contribution in [2.45, 2.75) is 35.9 Å². The van der Waals surface area contributed by atoms with Crippen molar-refractivity contribution in [2.24, 2.45) is 0 Å². The van der Waals surface area contributed by atoms with Crippen molar-refractivity contribution in [3.8, 4) is 0 Å². The first-order chi connectivity index (χ1) is 12.0. The van der Waals surface area contributed by atoms with Crippen molar-refractivity contribution in [3.05, 3.63) is 46.8 Å². The number of thiophene rings is 1. The van der Waals surface area contributed by atoms with Crippen molar-refractivity contribution >= 4 is 44.6 Å². The van der Waals surface area contributed by atoms with E-state index in [2.05, 4.69) is 5.32 Å². The van der Waals surface area contributed by atoms with E-state index in [-0.39, 0.29) is 18.4 Å². The summed E-state index contributed by atoms with van der Waals surface area (Å²) in [6.45, 7) is 0.449. The number of nitrogens with zero attached hydrogens (tertiary/aromatic N) is 1. The lowest BCUT2D eigenvalue weighted by molar-refractivity contribution is -0.117. The Morgan fingerprint density at radius 1 is 1.24 bits per heavy atom. The highest BCUT2D eigenvalue weighted by atomic mass is 35.5. The quantitative estimate of drug-likeness (QED) is 0.828. The van der Waals surface area contributed by atoms with Crippen LogP contribution in [0, 0.1) is 0 Å². The van der Waals surface area contributed by atoms with Crippen LogP contribution in [0.2, 0.25) is 5.02 Å². The molecular formula is C17H19ClN2O3S2. The first-order valence-electron chi connectivity index (χ1n) is 8.08. The number of hydrogen-bond acceptors (Lipinski definition) is 4. The van der Waals surface area contributed by atoms with Gasteiger partial charge in [-0.3, -0.25) is 4.79 Å². The van der Waals surface area contributed by atoms with Gasteiger partial charge in [-0.05, 0) is 36.4 Å². The fraction of sp³-hybridized carbons (Fsp3) is 0.353. The summed E-state index contributed by atoms with van der Waals surface area (Å²) in [4.78, 5) is 12.4. The maximum absolute atomic E-state index is 12.8. The van der Waals surface area contributed by atoms with E-state index >= 15 is 0 Å². The number of hydrogen-bond donors (Lipinski definition) is 1. The molecule has 1 saturated heterocycles. The third-order valence-corrected chi connectivity index (χ3v) is 7.85. The molecule has 1 aromatic heterocycles. The minimum absolute atomic E-state index is 0.121. The molecule has 2 aromatic rings. The second-order valence-corrected chi connectivity index (χ2v) is 9.40. The van der Waals surface area contributed by atoms with Gasteiger partial charge in [-0.25, -0.2) is 8.42 Å². The minimum atomic E-state index is -3.55. The summed E-state index contributed by atoms with van der Waals surface area (Å²) in [6.07, 6.45) is 2.53. The summed E-state index contributed by atoms with van der Waals surface area (Å²) in [6, 6.07) is 10.00. The van der Waals surface area contributed by atoms with E-state index in [1.165, 1.54) is 15.6 Å². The number of anilines is 1. The van der Waals surface area contributed by atoms with Crippen LogP contribution in [-0.4, -0.2) is 31.2 Å². The van der Waals surface area contributed by atoms with E-state index in [1.54, 1.807) is 41.8 Å². The normalized spacial score (nSPS) is 18.8. The summed E-state index contributed by atoms with van der Waals surface area (Å²) < 4.78 is 27.5. The lowest BCUT2D eigenvalue weighted by atomic mass is 10.0. The molecule has 1 aliphatic heterocycles. The number of benzene rings is 1. The molecule has 1 aromatic carbocycles. The second kappa shape index (κ2) is 7.86. The molecule has 1 N–H and O–H groups in total. The third kappa shape index (κ3) is 4.23. The van der Waals surface area contributed by atoms with Gasteiger partial charge in [0, 0.05) is 19.0 Å². The van der Waals surface area contributed by atoms with Gasteiger partial charge in [0.05, 0.1) is 10.7 Å². The Morgan fingerprint density at radius 2 is 2.04 bits per heavy atom. The Morgan fingerprint density at radius 3 is 2.76 bits per heavy atom. The van der Waals surface area contributed by atoms with Crippen LogP contribution >= 0.6 is 22.9 Å². The van der Waals surface area contributed by atoms with Gasteiger partial charge in [-0.1, -0.05) is 36.2 Å². The zero-order valence-corrected chi connectivity index (χ0v) is 15.9. The highest BCUT2D eigenvalue weighted by molar-refractivity contribution is 7.91. The van der Waals surface area contributed by atoms with Crippen LogP contribution in [0.5, 0.6) is 0 Å². The van der Waals surface area contributed by atoms with Crippen LogP contribution in [0.25, 0.3) is 0 Å². The summed E-state index contributed by atoms with van der Waals surface area (Å²) in [7, 11) is -3.55. The topological polar surface area (TPSA) is 66.5 Å². The van der Waals surface area contributed by atoms with Crippen molar-refractivity contribution in [3.63, 3.8) is 0 Å². The molecule has 3 rings (SSSR count). The number of rotatable bonds is 5. The van der Waals surface area contributed by atoms with E-state index in [4.69, 9.17) is 11.6 Å². The number of sulfonamides is 1. The van der Waals surface area contributed by atoms with Gasteiger partial charge < -0.3 is 5.32 Å². The van der Waals surface area contributed by atoms with E-state index in [0.717, 1.165) is 12.8 Å². The lowest BCUT2D eigenvalue weighted by Gasteiger charge is -2.34. The molecule has 0 saturated carbocycles. The van der Waals surface area contributed by atoms with Gasteiger partial charge in [0.2, 0.25) is 5.91 Å². The highest BCUT2D eigenvalue weighted by Gasteiger charge is 2.35. The Labute approximate surface area is 156 Å². The first kappa shape index (κ1) is 18.4. The average molecular weight is 399 g/mol. The molecule has 5 nitrogen and oxygen atoms in total. The van der Waals surface area contributed by atoms with Crippen LogP contribution in [0.4, 0.5) is 5.69 Å². The summed E-state index contributed by atoms with van der Waals surface area (Å²) in [5.74, 6) is -0.230. The van der Waals surface area contributed by atoms with Gasteiger partial charge in [-0.15, -0.1) is 11.3 Å². The van der Waals surface area contributed by atoms with Crippen LogP contribution < -0.4 is 5.32 Å². The highest BCUT2D eigenvalue weighted by Crippen LogP contribution is 2.29. The molecule has 8 heteroatoms. The van der Waals surface area contributed by atoms with Gasteiger partial charge >= 0.3 is 0 Å². The molecule has 1 aliphatic rings. The molecule has 1 amide bonds. The molecule has 2 heterocycles. The molecular weight excluding hydrogens is 380 g/mol. The largest absolute Gasteiger partial charge is 0.325 e. The second-order valence-electron chi connectivity index (χ2n) is 5.93. The smallest absolute Gasteiger partial charge is 0.252 e. The number of piperidine rings is 1. The van der Waals surface area contributed by atoms with Crippen molar-refractivity contribution in [1.29, 1.82) is 0 Å². The van der Waals surface area contributed by atoms with Gasteiger partial charge in [0.1, 0.15) is 4.21 Å². The van der Waals surface area contributed by atoms with Crippen LogP contribution in [-0.2, 0) is 14.8 Å². The number of halogens is 1. The fourth-order valence-corrected chi connectivity index (χ4v) is 5.99. The monoisotopic (exact) mass is 398 g/mol. The number of carbonyl (C=O) groups excluding carboxylic acids is 1. The summed E-state index contributed by atoms with van der Waals surface area (Å²) in [5.41, 5.74) is 0.539. The molecule has 134 valence electrons. The standard InChI is InChI=1S/C17H19ClN2O3S2/c18-14-7-1-2-8-15(14)19-16(21)12-13-6-3-4-10-20(13)25(22,23)17-9-5-11-24-17/h1-2,5,7-9,11,13H,3-4,6,10,12H2,(H,19,21)/t13-/m0/s1. The van der Waals surface area contributed by atoms with Crippen LogP contribution in [0.1, 0.15) is 25.7 Å². The zero-order chi connectivity index (χ0) is 17.9. The summed E-state index contributed by atoms with van der Waals surface area (Å²) in [5, 5.41) is 4.98. The number of nitrogens with one attached hydrogen (secondary N) is 1. The van der Waals surface area contributed by atoms with Crippen LogP contribution in [0.15, 0.2) is 46.0 Å². The molecule has 1 fully saturated rings. The van der Waals surface area contributed by atoms with Crippen molar-refractivity contribution in [1.82, 2.24) is 4.31 Å². The maximum atomic E-state index is 12.8. The van der Waals surface area contributed by atoms with Gasteiger partial charge in [-0.2, -0.15) is 4.31 Å². The molecule has 1 atom stereocenters. The molecule has 25 heavy (non-hydrogen) atoms. The van der Waals surface area contributed by atoms with E-state index in [0.29, 0.717) is 27.9 Å². The van der Waals surface area contributed by atoms with Gasteiger partial charge in [0.25, 0.3) is 10.0 Å². The Bertz CT molecular complexity index is 837. The lowest BCUT2D eigenvalue weighted by Crippen LogP contribution is -2.45. The average Bonchev–Trinajstić information content (AvgIpc) is 3.13. The summed E-state index contributed by atoms with van der Waals surface area (Å²) >= 11 is 7.26. The van der Waals surface area contributed by atoms with E-state index in [9.17, 15) is 13.2 Å². The Balaban J connectivity index is 1.73. The molecule has 0 aliphatic carbocycles. The maximum Gasteiger partial charge on any atom is 0.252 e. The van der Waals surface area contributed by atoms with Crippen molar-refractivity contribution < 1.29 is 13.2 Å². The van der Waals surface area contributed by atoms with E-state index in [1.807, 2.05) is 0 Å². The SMILES string of the molecule is O=C(C[C@@H]1CCCCN1S(=O)(=O)c1cccs1)Nc1ccccc1Cl. The fourth-order valence-electron chi connectivity index (χ4n) is 3.00. The molecule has 0 unspecified atom stereocenters. The molecule has 0 bridgehead atoms. The minimum Gasteiger partial charge on any atom is -0.325 e.